The quantitative estimate of drug-likeness (QED) is 0.860. The summed E-state index contributed by atoms with van der Waals surface area (Å²) in [4.78, 5) is 2.35. The zero-order chi connectivity index (χ0) is 15.7. The van der Waals surface area contributed by atoms with Gasteiger partial charge in [-0.05, 0) is 43.5 Å². The van der Waals surface area contributed by atoms with Gasteiger partial charge in [0, 0.05) is 22.6 Å². The number of aromatic nitrogens is 1. The van der Waals surface area contributed by atoms with E-state index in [1.807, 2.05) is 12.1 Å². The van der Waals surface area contributed by atoms with Crippen molar-refractivity contribution in [2.24, 2.45) is 0 Å². The summed E-state index contributed by atoms with van der Waals surface area (Å²) in [6.45, 7) is 5.96. The Labute approximate surface area is 139 Å². The number of aromatic hydroxyl groups is 1. The van der Waals surface area contributed by atoms with E-state index in [4.69, 9.17) is 4.52 Å². The van der Waals surface area contributed by atoms with Gasteiger partial charge in [-0.2, -0.15) is 0 Å². The Kier molecular flexibility index (Phi) is 4.54. The Balaban J connectivity index is 1.79. The average molecular weight is 365 g/mol. The van der Waals surface area contributed by atoms with Crippen LogP contribution in [0, 0.1) is 0 Å². The zero-order valence-electron chi connectivity index (χ0n) is 12.9. The average Bonchev–Trinajstić information content (AvgIpc) is 3.11. The summed E-state index contributed by atoms with van der Waals surface area (Å²) >= 11 is 3.47. The molecule has 1 fully saturated rings. The molecule has 1 aliphatic rings. The van der Waals surface area contributed by atoms with Crippen LogP contribution in [0.5, 0.6) is 5.75 Å². The summed E-state index contributed by atoms with van der Waals surface area (Å²) in [6.07, 6.45) is 2.21. The third-order valence-electron chi connectivity index (χ3n) is 4.25. The molecule has 1 atom stereocenters. The van der Waals surface area contributed by atoms with Crippen LogP contribution in [0.25, 0.3) is 0 Å². The van der Waals surface area contributed by atoms with E-state index in [0.717, 1.165) is 40.9 Å². The predicted octanol–water partition coefficient (Wildman–Crippen LogP) is 4.60. The van der Waals surface area contributed by atoms with Crippen molar-refractivity contribution in [3.8, 4) is 5.75 Å². The first-order valence-corrected chi connectivity index (χ1v) is 8.52. The third kappa shape index (κ3) is 3.20. The summed E-state index contributed by atoms with van der Waals surface area (Å²) in [5.41, 5.74) is 1.94. The summed E-state index contributed by atoms with van der Waals surface area (Å²) in [6, 6.07) is 7.89. The first kappa shape index (κ1) is 15.6. The molecule has 0 saturated carbocycles. The van der Waals surface area contributed by atoms with Crippen molar-refractivity contribution in [1.29, 1.82) is 0 Å². The third-order valence-corrected chi connectivity index (χ3v) is 4.74. The normalized spacial score (nSPS) is 19.2. The van der Waals surface area contributed by atoms with E-state index in [-0.39, 0.29) is 6.04 Å². The Morgan fingerprint density at radius 2 is 2.23 bits per heavy atom. The maximum absolute atomic E-state index is 10.0. The number of benzene rings is 1. The molecule has 0 radical (unpaired) electrons. The Hall–Kier alpha value is -1.33. The minimum Gasteiger partial charge on any atom is -0.508 e. The molecular formula is C17H21BrN2O2. The van der Waals surface area contributed by atoms with Crippen molar-refractivity contribution in [2.45, 2.75) is 45.2 Å². The van der Waals surface area contributed by atoms with Gasteiger partial charge >= 0.3 is 0 Å². The minimum atomic E-state index is 0.249. The molecule has 1 aromatic carbocycles. The van der Waals surface area contributed by atoms with Crippen molar-refractivity contribution < 1.29 is 9.63 Å². The summed E-state index contributed by atoms with van der Waals surface area (Å²) in [5, 5.41) is 14.2. The van der Waals surface area contributed by atoms with Crippen LogP contribution in [0.2, 0.25) is 0 Å². The van der Waals surface area contributed by atoms with Crippen LogP contribution in [-0.4, -0.2) is 21.7 Å². The topological polar surface area (TPSA) is 49.5 Å². The van der Waals surface area contributed by atoms with Gasteiger partial charge in [-0.1, -0.05) is 34.9 Å². The Bertz CT molecular complexity index is 654. The van der Waals surface area contributed by atoms with Gasteiger partial charge in [-0.3, -0.25) is 4.90 Å². The highest BCUT2D eigenvalue weighted by Gasteiger charge is 2.30. The first-order chi connectivity index (χ1) is 10.5. The molecule has 3 rings (SSSR count). The van der Waals surface area contributed by atoms with Gasteiger partial charge in [0.05, 0.1) is 11.7 Å². The molecule has 22 heavy (non-hydrogen) atoms. The summed E-state index contributed by atoms with van der Waals surface area (Å²) < 4.78 is 6.55. The van der Waals surface area contributed by atoms with Crippen molar-refractivity contribution in [1.82, 2.24) is 10.1 Å². The SMILES string of the molecule is CC(C)c1cc(C2CCCN2Cc2cc(Br)ccc2O)on1. The molecule has 1 aromatic heterocycles. The second kappa shape index (κ2) is 6.42. The molecule has 4 nitrogen and oxygen atoms in total. The van der Waals surface area contributed by atoms with E-state index in [1.54, 1.807) is 6.07 Å². The van der Waals surface area contributed by atoms with E-state index >= 15 is 0 Å². The smallest absolute Gasteiger partial charge is 0.154 e. The number of likely N-dealkylation sites (tertiary alicyclic amines) is 1. The molecule has 0 amide bonds. The number of phenols is 1. The number of phenolic OH excluding ortho intramolecular Hbond substituents is 1. The van der Waals surface area contributed by atoms with E-state index < -0.39 is 0 Å². The van der Waals surface area contributed by atoms with Gasteiger partial charge in [0.1, 0.15) is 5.75 Å². The molecule has 118 valence electrons. The molecular weight excluding hydrogens is 344 g/mol. The van der Waals surface area contributed by atoms with Crippen molar-refractivity contribution in [3.63, 3.8) is 0 Å². The highest BCUT2D eigenvalue weighted by atomic mass is 79.9. The molecule has 0 bridgehead atoms. The lowest BCUT2D eigenvalue weighted by Crippen LogP contribution is -2.22. The molecule has 2 aromatic rings. The number of rotatable bonds is 4. The van der Waals surface area contributed by atoms with Crippen LogP contribution < -0.4 is 0 Å². The van der Waals surface area contributed by atoms with Crippen molar-refractivity contribution >= 4 is 15.9 Å². The van der Waals surface area contributed by atoms with Crippen LogP contribution in [0.1, 0.15) is 55.7 Å². The Morgan fingerprint density at radius 3 is 2.95 bits per heavy atom. The molecule has 1 N–H and O–H groups in total. The highest BCUT2D eigenvalue weighted by molar-refractivity contribution is 9.10. The van der Waals surface area contributed by atoms with Crippen LogP contribution in [0.4, 0.5) is 0 Å². The summed E-state index contributed by atoms with van der Waals surface area (Å²) in [7, 11) is 0. The maximum atomic E-state index is 10.0. The fourth-order valence-electron chi connectivity index (χ4n) is 2.97. The van der Waals surface area contributed by atoms with Crippen molar-refractivity contribution in [2.75, 3.05) is 6.54 Å². The minimum absolute atomic E-state index is 0.249. The largest absolute Gasteiger partial charge is 0.508 e. The maximum Gasteiger partial charge on any atom is 0.154 e. The molecule has 1 unspecified atom stereocenters. The molecule has 0 spiro atoms. The molecule has 0 aliphatic carbocycles. The number of nitrogens with zero attached hydrogens (tertiary/aromatic N) is 2. The van der Waals surface area contributed by atoms with Gasteiger partial charge in [0.25, 0.3) is 0 Å². The lowest BCUT2D eigenvalue weighted by Gasteiger charge is -2.22. The van der Waals surface area contributed by atoms with Gasteiger partial charge in [-0.15, -0.1) is 0 Å². The monoisotopic (exact) mass is 364 g/mol. The second-order valence-corrected chi connectivity index (χ2v) is 7.13. The van der Waals surface area contributed by atoms with E-state index in [0.29, 0.717) is 18.2 Å². The fraction of sp³-hybridized carbons (Fsp3) is 0.471. The zero-order valence-corrected chi connectivity index (χ0v) is 14.5. The van der Waals surface area contributed by atoms with Gasteiger partial charge in [-0.25, -0.2) is 0 Å². The van der Waals surface area contributed by atoms with Crippen molar-refractivity contribution in [3.05, 3.63) is 45.8 Å². The summed E-state index contributed by atoms with van der Waals surface area (Å²) in [5.74, 6) is 1.66. The highest BCUT2D eigenvalue weighted by Crippen LogP contribution is 2.35. The van der Waals surface area contributed by atoms with Gasteiger partial charge in [0.15, 0.2) is 5.76 Å². The van der Waals surface area contributed by atoms with E-state index in [2.05, 4.69) is 45.9 Å². The molecule has 1 saturated heterocycles. The molecule has 1 aliphatic heterocycles. The second-order valence-electron chi connectivity index (χ2n) is 6.21. The molecule has 2 heterocycles. The van der Waals surface area contributed by atoms with Crippen LogP contribution in [0.15, 0.2) is 33.3 Å². The number of hydrogen-bond donors (Lipinski definition) is 1. The van der Waals surface area contributed by atoms with Gasteiger partial charge < -0.3 is 9.63 Å². The standard InChI is InChI=1S/C17H21BrN2O2/c1-11(2)14-9-17(22-19-14)15-4-3-7-20(15)10-12-8-13(18)5-6-16(12)21/h5-6,8-9,11,15,21H,3-4,7,10H2,1-2H3. The van der Waals surface area contributed by atoms with Crippen LogP contribution in [-0.2, 0) is 6.54 Å². The number of halogens is 1. The number of hydrogen-bond acceptors (Lipinski definition) is 4. The van der Waals surface area contributed by atoms with Gasteiger partial charge in [0.2, 0.25) is 0 Å². The van der Waals surface area contributed by atoms with E-state index in [1.165, 1.54) is 0 Å². The van der Waals surface area contributed by atoms with Crippen LogP contribution >= 0.6 is 15.9 Å². The lowest BCUT2D eigenvalue weighted by molar-refractivity contribution is 0.204. The molecule has 5 heteroatoms. The predicted molar refractivity (Wildman–Crippen MR) is 88.8 cm³/mol. The Morgan fingerprint density at radius 1 is 1.41 bits per heavy atom. The fourth-order valence-corrected chi connectivity index (χ4v) is 3.38. The lowest BCUT2D eigenvalue weighted by atomic mass is 10.1. The van der Waals surface area contributed by atoms with E-state index in [9.17, 15) is 5.11 Å². The first-order valence-electron chi connectivity index (χ1n) is 7.72. The van der Waals surface area contributed by atoms with Crippen LogP contribution in [0.3, 0.4) is 0 Å².